The van der Waals surface area contributed by atoms with E-state index in [1.807, 2.05) is 62.9 Å². The molecule has 3 rings (SSSR count). The molecule has 1 saturated heterocycles. The lowest BCUT2D eigenvalue weighted by atomic mass is 9.89. The number of allylic oxidation sites excluding steroid dienone is 2. The van der Waals surface area contributed by atoms with Crippen LogP contribution in [0.5, 0.6) is 0 Å². The molecule has 1 amide bonds. The molecular weight excluding hydrogens is 289 g/mol. The van der Waals surface area contributed by atoms with E-state index < -0.39 is 0 Å². The molecule has 0 bridgehead atoms. The average molecular weight is 317 g/mol. The van der Waals surface area contributed by atoms with E-state index in [1.165, 1.54) is 5.57 Å². The largest absolute Gasteiger partial charge is 0.303 e. The molecule has 0 radical (unpaired) electrons. The topological polar surface area (TPSA) is 20.3 Å². The van der Waals surface area contributed by atoms with E-state index in [0.29, 0.717) is 0 Å². The number of carbonyl (C=O) groups excluding carboxylic acids is 1. The number of hydrogen-bond acceptors (Lipinski definition) is 1. The van der Waals surface area contributed by atoms with Crippen LogP contribution in [-0.2, 0) is 4.79 Å². The zero-order valence-corrected chi connectivity index (χ0v) is 15.3. The van der Waals surface area contributed by atoms with Crippen molar-refractivity contribution in [1.29, 1.82) is 0 Å². The highest BCUT2D eigenvalue weighted by Crippen LogP contribution is 2.37. The summed E-state index contributed by atoms with van der Waals surface area (Å²) in [5, 5.41) is 0. The Morgan fingerprint density at radius 3 is 2.23 bits per heavy atom. The summed E-state index contributed by atoms with van der Waals surface area (Å²) < 4.78 is 0. The Bertz CT molecular complexity index is 521. The summed E-state index contributed by atoms with van der Waals surface area (Å²) >= 11 is 0. The summed E-state index contributed by atoms with van der Waals surface area (Å²) in [5.74, 6) is 0.191. The van der Waals surface area contributed by atoms with Crippen LogP contribution in [0.15, 0.2) is 54.1 Å². The number of carbonyl (C=O) groups is 1. The maximum Gasteiger partial charge on any atom is 0.236 e. The quantitative estimate of drug-likeness (QED) is 0.557. The van der Waals surface area contributed by atoms with E-state index in [-0.39, 0.29) is 17.6 Å². The third kappa shape index (κ3) is 3.87. The van der Waals surface area contributed by atoms with E-state index in [4.69, 9.17) is 0 Å². The molecule has 0 N–H and O–H groups in total. The van der Waals surface area contributed by atoms with Crippen LogP contribution in [0.4, 0.5) is 5.69 Å². The van der Waals surface area contributed by atoms with Crippen LogP contribution in [0.2, 0.25) is 0 Å². The minimum absolute atomic E-state index is 0.0132. The molecule has 1 aliphatic heterocycles. The summed E-state index contributed by atoms with van der Waals surface area (Å²) in [7, 11) is 2.68. The highest BCUT2D eigenvalue weighted by atomic mass is 31.0. The highest BCUT2D eigenvalue weighted by molar-refractivity contribution is 7.20. The molecule has 0 aromatic heterocycles. The molecule has 1 aromatic rings. The first-order chi connectivity index (χ1) is 10.8. The smallest absolute Gasteiger partial charge is 0.236 e. The second-order valence-corrected chi connectivity index (χ2v) is 5.42. The summed E-state index contributed by atoms with van der Waals surface area (Å²) in [4.78, 5) is 14.0. The summed E-state index contributed by atoms with van der Waals surface area (Å²) in [6.07, 6.45) is 8.80. The predicted octanol–water partition coefficient (Wildman–Crippen LogP) is 4.97. The molecule has 3 unspecified atom stereocenters. The van der Waals surface area contributed by atoms with E-state index >= 15 is 0 Å². The fourth-order valence-corrected chi connectivity index (χ4v) is 3.15. The van der Waals surface area contributed by atoms with E-state index in [1.54, 1.807) is 0 Å². The van der Waals surface area contributed by atoms with Gasteiger partial charge in [0, 0.05) is 5.69 Å². The maximum atomic E-state index is 12.1. The Morgan fingerprint density at radius 1 is 1.05 bits per heavy atom. The van der Waals surface area contributed by atoms with E-state index in [0.717, 1.165) is 18.5 Å². The number of nitrogens with zero attached hydrogens (tertiary/aromatic N) is 1. The maximum absolute atomic E-state index is 12.1. The molecule has 1 heterocycles. The first-order valence-electron chi connectivity index (χ1n) is 8.29. The van der Waals surface area contributed by atoms with Crippen LogP contribution < -0.4 is 4.90 Å². The van der Waals surface area contributed by atoms with Crippen molar-refractivity contribution in [3.63, 3.8) is 0 Å². The molecule has 120 valence electrons. The standard InChI is InChI=1S/C15H16NOP.2C2H6/c17-15-14(18)13(11-7-3-1-4-8-11)16(15)12-9-5-2-6-10-12;2*1-2/h2-3,5-10,13-14H,1,4,18H2;2*1-2H3. The zero-order valence-electron chi connectivity index (χ0n) is 14.1. The number of rotatable bonds is 2. The van der Waals surface area contributed by atoms with Gasteiger partial charge in [-0.1, -0.05) is 64.1 Å². The molecule has 0 spiro atoms. The van der Waals surface area contributed by atoms with Crippen molar-refractivity contribution >= 4 is 20.8 Å². The Balaban J connectivity index is 0.000000561. The fraction of sp³-hybridized carbons (Fsp3) is 0.421. The van der Waals surface area contributed by atoms with Gasteiger partial charge in [-0.25, -0.2) is 0 Å². The van der Waals surface area contributed by atoms with Crippen molar-refractivity contribution in [2.45, 2.75) is 52.2 Å². The van der Waals surface area contributed by atoms with Gasteiger partial charge in [-0.2, -0.15) is 0 Å². The molecule has 0 saturated carbocycles. The van der Waals surface area contributed by atoms with Gasteiger partial charge in [-0.15, -0.1) is 9.24 Å². The number of para-hydroxylation sites is 1. The van der Waals surface area contributed by atoms with Crippen LogP contribution in [0, 0.1) is 0 Å². The van der Waals surface area contributed by atoms with Crippen LogP contribution in [0.3, 0.4) is 0 Å². The monoisotopic (exact) mass is 317 g/mol. The predicted molar refractivity (Wildman–Crippen MR) is 100 cm³/mol. The third-order valence-corrected chi connectivity index (χ3v) is 4.19. The first kappa shape index (κ1) is 18.6. The van der Waals surface area contributed by atoms with Gasteiger partial charge >= 0.3 is 0 Å². The number of anilines is 1. The van der Waals surface area contributed by atoms with Crippen molar-refractivity contribution in [3.8, 4) is 0 Å². The highest BCUT2D eigenvalue weighted by Gasteiger charge is 2.46. The van der Waals surface area contributed by atoms with Gasteiger partial charge in [0.2, 0.25) is 5.91 Å². The van der Waals surface area contributed by atoms with Crippen LogP contribution in [0.25, 0.3) is 0 Å². The number of β-lactam (4-membered cyclic amide) rings is 1. The summed E-state index contributed by atoms with van der Waals surface area (Å²) in [5.41, 5.74) is 2.27. The molecule has 3 heteroatoms. The van der Waals surface area contributed by atoms with Gasteiger partial charge in [0.25, 0.3) is 0 Å². The van der Waals surface area contributed by atoms with Gasteiger partial charge in [0.15, 0.2) is 0 Å². The van der Waals surface area contributed by atoms with Crippen molar-refractivity contribution in [2.24, 2.45) is 0 Å². The van der Waals surface area contributed by atoms with Gasteiger partial charge in [0.05, 0.1) is 11.7 Å². The molecule has 2 aliphatic rings. The Labute approximate surface area is 137 Å². The van der Waals surface area contributed by atoms with Crippen molar-refractivity contribution in [1.82, 2.24) is 0 Å². The molecule has 22 heavy (non-hydrogen) atoms. The summed E-state index contributed by atoms with van der Waals surface area (Å²) in [6, 6.07) is 10.1. The van der Waals surface area contributed by atoms with Gasteiger partial charge in [0.1, 0.15) is 0 Å². The molecule has 1 fully saturated rings. The first-order valence-corrected chi connectivity index (χ1v) is 8.96. The zero-order chi connectivity index (χ0) is 16.5. The van der Waals surface area contributed by atoms with Crippen LogP contribution in [-0.4, -0.2) is 17.6 Å². The van der Waals surface area contributed by atoms with Crippen LogP contribution in [0.1, 0.15) is 40.5 Å². The Kier molecular flexibility index (Phi) is 8.12. The van der Waals surface area contributed by atoms with Crippen molar-refractivity contribution in [3.05, 3.63) is 54.1 Å². The van der Waals surface area contributed by atoms with Crippen LogP contribution >= 0.6 is 9.24 Å². The fourth-order valence-electron chi connectivity index (χ4n) is 2.60. The average Bonchev–Trinajstić information content (AvgIpc) is 2.63. The molecule has 2 nitrogen and oxygen atoms in total. The molecule has 1 aromatic carbocycles. The summed E-state index contributed by atoms with van der Waals surface area (Å²) in [6.45, 7) is 8.00. The molecule has 1 aliphatic carbocycles. The third-order valence-electron chi connectivity index (χ3n) is 3.54. The minimum atomic E-state index is 0.0132. The van der Waals surface area contributed by atoms with Crippen molar-refractivity contribution in [2.75, 3.05) is 4.90 Å². The van der Waals surface area contributed by atoms with Gasteiger partial charge < -0.3 is 4.90 Å². The number of amides is 1. The minimum Gasteiger partial charge on any atom is -0.303 e. The van der Waals surface area contributed by atoms with Crippen molar-refractivity contribution < 1.29 is 4.79 Å². The van der Waals surface area contributed by atoms with E-state index in [2.05, 4.69) is 27.5 Å². The lowest BCUT2D eigenvalue weighted by Crippen LogP contribution is -2.63. The lowest BCUT2D eigenvalue weighted by molar-refractivity contribution is -0.122. The van der Waals surface area contributed by atoms with Gasteiger partial charge in [-0.05, 0) is 30.5 Å². The molecule has 3 atom stereocenters. The lowest BCUT2D eigenvalue weighted by Gasteiger charge is -2.46. The normalized spacial score (nSPS) is 22.5. The number of hydrogen-bond donors (Lipinski definition) is 0. The molecular formula is C19H28NOP. The Morgan fingerprint density at radius 2 is 1.68 bits per heavy atom. The SMILES string of the molecule is CC.CC.O=C1C(P)C(C2=CCCC=C2)N1c1ccccc1. The van der Waals surface area contributed by atoms with E-state index in [9.17, 15) is 4.79 Å². The number of benzene rings is 1. The Hall–Kier alpha value is -1.40. The van der Waals surface area contributed by atoms with Gasteiger partial charge in [-0.3, -0.25) is 4.79 Å². The second-order valence-electron chi connectivity index (χ2n) is 4.70. The second kappa shape index (κ2) is 9.58.